The Hall–Kier alpha value is -0.920. The average Bonchev–Trinajstić information content (AvgIpc) is 2.72. The first-order valence-corrected chi connectivity index (χ1v) is 9.15. The predicted octanol–water partition coefficient (Wildman–Crippen LogP) is 2.64. The summed E-state index contributed by atoms with van der Waals surface area (Å²) in [6.45, 7) is 1.90. The molecule has 2 aliphatic heterocycles. The van der Waals surface area contributed by atoms with Gasteiger partial charge >= 0.3 is 0 Å². The molecule has 1 aromatic carbocycles. The van der Waals surface area contributed by atoms with Gasteiger partial charge in [-0.25, -0.2) is 0 Å². The lowest BCUT2D eigenvalue weighted by atomic mass is 10.1. The average molecular weight is 326 g/mol. The molecule has 0 spiro atoms. The number of hydrogen-bond acceptors (Lipinski definition) is 4. The van der Waals surface area contributed by atoms with Gasteiger partial charge in [-0.15, -0.1) is 0 Å². The van der Waals surface area contributed by atoms with Crippen molar-refractivity contribution in [3.8, 4) is 0 Å². The van der Waals surface area contributed by atoms with E-state index >= 15 is 0 Å². The Morgan fingerprint density at radius 1 is 1.20 bits per heavy atom. The zero-order chi connectivity index (χ0) is 14.2. The van der Waals surface area contributed by atoms with Gasteiger partial charge in [0.05, 0.1) is 4.90 Å². The standard InChI is InChI=1S/C13H14N2O2S3/c16-20(17)11-7-3-2-6-10(11)12(14-20)19-13(18)15-8-4-1-5-9-15/h2-3,6-7H,1,4-5,8-9H2. The smallest absolute Gasteiger partial charge is 0.284 e. The van der Waals surface area contributed by atoms with E-state index in [2.05, 4.69) is 9.30 Å². The highest BCUT2D eigenvalue weighted by Crippen LogP contribution is 2.32. The van der Waals surface area contributed by atoms with Crippen LogP contribution < -0.4 is 0 Å². The van der Waals surface area contributed by atoms with E-state index in [1.807, 2.05) is 6.07 Å². The molecule has 2 aliphatic rings. The number of sulfonamides is 1. The van der Waals surface area contributed by atoms with Crippen LogP contribution in [0.25, 0.3) is 0 Å². The van der Waals surface area contributed by atoms with Gasteiger partial charge in [-0.2, -0.15) is 12.8 Å². The molecule has 0 unspecified atom stereocenters. The Balaban J connectivity index is 1.83. The molecule has 0 radical (unpaired) electrons. The summed E-state index contributed by atoms with van der Waals surface area (Å²) < 4.78 is 28.5. The van der Waals surface area contributed by atoms with E-state index in [0.717, 1.165) is 30.3 Å². The maximum absolute atomic E-state index is 12.0. The maximum atomic E-state index is 12.0. The molecular weight excluding hydrogens is 312 g/mol. The van der Waals surface area contributed by atoms with Crippen LogP contribution in [0.15, 0.2) is 33.6 Å². The number of benzene rings is 1. The predicted molar refractivity (Wildman–Crippen MR) is 85.8 cm³/mol. The number of fused-ring (bicyclic) bond motifs is 1. The molecule has 1 aromatic rings. The highest BCUT2D eigenvalue weighted by atomic mass is 32.2. The quantitative estimate of drug-likeness (QED) is 0.686. The second-order valence-corrected chi connectivity index (χ2v) is 7.98. The molecule has 0 saturated carbocycles. The number of piperidine rings is 1. The van der Waals surface area contributed by atoms with Crippen molar-refractivity contribution in [1.82, 2.24) is 4.90 Å². The summed E-state index contributed by atoms with van der Waals surface area (Å²) in [6, 6.07) is 6.90. The molecule has 2 heterocycles. The zero-order valence-electron chi connectivity index (χ0n) is 10.8. The molecule has 0 aromatic heterocycles. The van der Waals surface area contributed by atoms with E-state index in [-0.39, 0.29) is 4.90 Å². The molecule has 0 amide bonds. The molecule has 1 fully saturated rings. The fourth-order valence-electron chi connectivity index (χ4n) is 2.37. The topological polar surface area (TPSA) is 49.7 Å². The van der Waals surface area contributed by atoms with Gasteiger partial charge in [-0.1, -0.05) is 30.4 Å². The van der Waals surface area contributed by atoms with Crippen LogP contribution in [0, 0.1) is 0 Å². The van der Waals surface area contributed by atoms with Crippen molar-refractivity contribution in [3.05, 3.63) is 29.8 Å². The number of hydrogen-bond donors (Lipinski definition) is 0. The Bertz CT molecular complexity index is 677. The molecule has 0 atom stereocenters. The largest absolute Gasteiger partial charge is 0.357 e. The van der Waals surface area contributed by atoms with Gasteiger partial charge in [-0.3, -0.25) is 0 Å². The van der Waals surface area contributed by atoms with Gasteiger partial charge in [0.15, 0.2) is 0 Å². The van der Waals surface area contributed by atoms with Gasteiger partial charge in [0, 0.05) is 18.7 Å². The normalized spacial score (nSPS) is 20.4. The summed E-state index contributed by atoms with van der Waals surface area (Å²) in [4.78, 5) is 2.42. The van der Waals surface area contributed by atoms with Crippen molar-refractivity contribution >= 4 is 43.4 Å². The summed E-state index contributed by atoms with van der Waals surface area (Å²) in [5.41, 5.74) is 0.664. The van der Waals surface area contributed by atoms with Crippen LogP contribution in [0.4, 0.5) is 0 Å². The fraction of sp³-hybridized carbons (Fsp3) is 0.385. The summed E-state index contributed by atoms with van der Waals surface area (Å²) in [7, 11) is -3.54. The molecule has 106 valence electrons. The molecule has 7 heteroatoms. The molecule has 3 rings (SSSR count). The van der Waals surface area contributed by atoms with Crippen LogP contribution in [-0.2, 0) is 10.0 Å². The molecule has 0 aliphatic carbocycles. The van der Waals surface area contributed by atoms with Gasteiger partial charge < -0.3 is 4.90 Å². The monoisotopic (exact) mass is 326 g/mol. The van der Waals surface area contributed by atoms with Crippen molar-refractivity contribution in [2.24, 2.45) is 4.40 Å². The fourth-order valence-corrected chi connectivity index (χ4v) is 5.17. The molecule has 20 heavy (non-hydrogen) atoms. The Morgan fingerprint density at radius 2 is 1.90 bits per heavy atom. The molecule has 0 bridgehead atoms. The number of rotatable bonds is 0. The SMILES string of the molecule is O=S1(=O)N=C(SC(=S)N2CCCCC2)c2ccccc21. The van der Waals surface area contributed by atoms with E-state index in [4.69, 9.17) is 12.2 Å². The summed E-state index contributed by atoms with van der Waals surface area (Å²) >= 11 is 6.71. The van der Waals surface area contributed by atoms with Crippen LogP contribution in [0.3, 0.4) is 0 Å². The van der Waals surface area contributed by atoms with Crippen molar-refractivity contribution in [1.29, 1.82) is 0 Å². The van der Waals surface area contributed by atoms with E-state index < -0.39 is 10.0 Å². The van der Waals surface area contributed by atoms with Crippen LogP contribution >= 0.6 is 24.0 Å². The minimum Gasteiger partial charge on any atom is -0.357 e. The van der Waals surface area contributed by atoms with Crippen LogP contribution in [0.2, 0.25) is 0 Å². The summed E-state index contributed by atoms with van der Waals surface area (Å²) in [5, 5.41) is 0.496. The minimum absolute atomic E-state index is 0.281. The van der Waals surface area contributed by atoms with Crippen molar-refractivity contribution in [2.45, 2.75) is 24.2 Å². The Labute approximate surface area is 128 Å². The van der Waals surface area contributed by atoms with Gasteiger partial charge in [-0.05, 0) is 37.1 Å². The van der Waals surface area contributed by atoms with Gasteiger partial charge in [0.25, 0.3) is 10.0 Å². The highest BCUT2D eigenvalue weighted by molar-refractivity contribution is 8.33. The lowest BCUT2D eigenvalue weighted by molar-refractivity contribution is 0.352. The van der Waals surface area contributed by atoms with Crippen molar-refractivity contribution in [3.63, 3.8) is 0 Å². The summed E-state index contributed by atoms with van der Waals surface area (Å²) in [5.74, 6) is 0. The van der Waals surface area contributed by atoms with Crippen LogP contribution in [0.5, 0.6) is 0 Å². The number of nitrogens with zero attached hydrogens (tertiary/aromatic N) is 2. The second-order valence-electron chi connectivity index (χ2n) is 4.78. The lowest BCUT2D eigenvalue weighted by Crippen LogP contribution is -2.33. The third-order valence-corrected chi connectivity index (χ3v) is 6.29. The molecular formula is C13H14N2O2S3. The third-order valence-electron chi connectivity index (χ3n) is 3.40. The first kappa shape index (κ1) is 14.0. The number of likely N-dealkylation sites (tertiary alicyclic amines) is 1. The second kappa shape index (κ2) is 5.46. The van der Waals surface area contributed by atoms with E-state index in [1.165, 1.54) is 18.2 Å². The molecule has 0 N–H and O–H groups in total. The van der Waals surface area contributed by atoms with Crippen LogP contribution in [-0.4, -0.2) is 35.8 Å². The first-order valence-electron chi connectivity index (χ1n) is 6.49. The van der Waals surface area contributed by atoms with E-state index in [9.17, 15) is 8.42 Å². The van der Waals surface area contributed by atoms with Gasteiger partial charge in [0.1, 0.15) is 9.36 Å². The van der Waals surface area contributed by atoms with Crippen molar-refractivity contribution in [2.75, 3.05) is 13.1 Å². The van der Waals surface area contributed by atoms with E-state index in [1.54, 1.807) is 18.2 Å². The first-order chi connectivity index (χ1) is 9.58. The lowest BCUT2D eigenvalue weighted by Gasteiger charge is -2.28. The molecule has 1 saturated heterocycles. The minimum atomic E-state index is -3.54. The summed E-state index contributed by atoms with van der Waals surface area (Å²) in [6.07, 6.45) is 3.52. The Kier molecular flexibility index (Phi) is 3.83. The number of thioether (sulfide) groups is 1. The Morgan fingerprint density at radius 3 is 2.65 bits per heavy atom. The van der Waals surface area contributed by atoms with E-state index in [0.29, 0.717) is 10.6 Å². The molecule has 4 nitrogen and oxygen atoms in total. The third kappa shape index (κ3) is 2.62. The number of thiocarbonyl (C=S) groups is 1. The van der Waals surface area contributed by atoms with Gasteiger partial charge in [0.2, 0.25) is 0 Å². The van der Waals surface area contributed by atoms with Crippen molar-refractivity contribution < 1.29 is 8.42 Å². The zero-order valence-corrected chi connectivity index (χ0v) is 13.2. The maximum Gasteiger partial charge on any atom is 0.284 e. The van der Waals surface area contributed by atoms with Crippen LogP contribution in [0.1, 0.15) is 24.8 Å². The highest BCUT2D eigenvalue weighted by Gasteiger charge is 2.30.